The quantitative estimate of drug-likeness (QED) is 0.654. The molecular weight excluding hydrogens is 352 g/mol. The lowest BCUT2D eigenvalue weighted by molar-refractivity contribution is 0.102. The largest absolute Gasteiger partial charge is 0.322 e. The predicted molar refractivity (Wildman–Crippen MR) is 112 cm³/mol. The third-order valence-corrected chi connectivity index (χ3v) is 5.11. The molecule has 144 valence electrons. The molecule has 0 unspecified atom stereocenters. The summed E-state index contributed by atoms with van der Waals surface area (Å²) >= 11 is 0. The highest BCUT2D eigenvalue weighted by molar-refractivity contribution is 6.05. The fraction of sp³-hybridized carbons (Fsp3) is 0.273. The van der Waals surface area contributed by atoms with Gasteiger partial charge in [-0.3, -0.25) is 14.5 Å². The van der Waals surface area contributed by atoms with E-state index in [1.165, 1.54) is 0 Å². The molecule has 0 spiro atoms. The first-order chi connectivity index (χ1) is 13.6. The Labute approximate surface area is 163 Å². The van der Waals surface area contributed by atoms with Crippen LogP contribution in [0, 0.1) is 6.92 Å². The Bertz CT molecular complexity index is 1070. The van der Waals surface area contributed by atoms with Crippen LogP contribution in [0.1, 0.15) is 21.5 Å². The molecule has 0 radical (unpaired) electrons. The van der Waals surface area contributed by atoms with E-state index in [2.05, 4.69) is 26.6 Å². The van der Waals surface area contributed by atoms with Crippen LogP contribution in [0.15, 0.2) is 53.3 Å². The monoisotopic (exact) mass is 376 g/mol. The van der Waals surface area contributed by atoms with Gasteiger partial charge in [-0.2, -0.15) is 0 Å². The van der Waals surface area contributed by atoms with Gasteiger partial charge < -0.3 is 15.6 Å². The van der Waals surface area contributed by atoms with Crippen molar-refractivity contribution in [3.8, 4) is 0 Å². The van der Waals surface area contributed by atoms with E-state index in [9.17, 15) is 9.59 Å². The van der Waals surface area contributed by atoms with Crippen molar-refractivity contribution in [2.24, 2.45) is 0 Å². The van der Waals surface area contributed by atoms with Crippen LogP contribution >= 0.6 is 0 Å². The van der Waals surface area contributed by atoms with Gasteiger partial charge in [-0.1, -0.05) is 12.1 Å². The highest BCUT2D eigenvalue weighted by Crippen LogP contribution is 2.20. The molecule has 2 heterocycles. The van der Waals surface area contributed by atoms with Crippen LogP contribution in [-0.4, -0.2) is 42.0 Å². The van der Waals surface area contributed by atoms with Crippen LogP contribution < -0.4 is 16.2 Å². The molecule has 4 rings (SSSR count). The SMILES string of the molecule is Cc1cc(=O)[nH]c2ccc(NC(=O)c3cccc(CN4CCNCC4)c3)cc12. The van der Waals surface area contributed by atoms with Crippen molar-refractivity contribution in [2.45, 2.75) is 13.5 Å². The number of carbonyl (C=O) groups is 1. The van der Waals surface area contributed by atoms with Crippen LogP contribution in [0.3, 0.4) is 0 Å². The summed E-state index contributed by atoms with van der Waals surface area (Å²) in [6, 6.07) is 14.9. The average Bonchev–Trinajstić information content (AvgIpc) is 2.69. The van der Waals surface area contributed by atoms with E-state index in [1.54, 1.807) is 12.1 Å². The molecule has 1 aliphatic heterocycles. The molecule has 1 amide bonds. The van der Waals surface area contributed by atoms with Gasteiger partial charge in [-0.15, -0.1) is 0 Å². The number of benzene rings is 2. The number of hydrogen-bond acceptors (Lipinski definition) is 4. The van der Waals surface area contributed by atoms with E-state index in [0.29, 0.717) is 11.3 Å². The van der Waals surface area contributed by atoms with E-state index in [4.69, 9.17) is 0 Å². The van der Waals surface area contributed by atoms with Crippen molar-refractivity contribution in [3.05, 3.63) is 75.6 Å². The molecule has 1 aliphatic rings. The topological polar surface area (TPSA) is 77.2 Å². The third-order valence-electron chi connectivity index (χ3n) is 5.11. The van der Waals surface area contributed by atoms with Crippen molar-refractivity contribution >= 4 is 22.5 Å². The minimum absolute atomic E-state index is 0.122. The second-order valence-electron chi connectivity index (χ2n) is 7.26. The number of piperazine rings is 1. The van der Waals surface area contributed by atoms with Crippen molar-refractivity contribution in [1.29, 1.82) is 0 Å². The van der Waals surface area contributed by atoms with E-state index in [0.717, 1.165) is 54.8 Å². The van der Waals surface area contributed by atoms with Gasteiger partial charge in [0.1, 0.15) is 0 Å². The Kier molecular flexibility index (Phi) is 5.23. The number of nitrogens with one attached hydrogen (secondary N) is 3. The first kappa shape index (κ1) is 18.4. The number of nitrogens with zero attached hydrogens (tertiary/aromatic N) is 1. The van der Waals surface area contributed by atoms with Crippen LogP contribution in [-0.2, 0) is 6.54 Å². The fourth-order valence-corrected chi connectivity index (χ4v) is 3.64. The van der Waals surface area contributed by atoms with E-state index in [1.807, 2.05) is 37.3 Å². The maximum atomic E-state index is 12.7. The zero-order valence-electron chi connectivity index (χ0n) is 15.9. The molecule has 1 saturated heterocycles. The Balaban J connectivity index is 1.51. The molecule has 3 N–H and O–H groups in total. The number of aromatic amines is 1. The summed E-state index contributed by atoms with van der Waals surface area (Å²) in [7, 11) is 0. The van der Waals surface area contributed by atoms with Crippen molar-refractivity contribution < 1.29 is 4.79 Å². The molecule has 3 aromatic rings. The highest BCUT2D eigenvalue weighted by atomic mass is 16.1. The molecule has 6 heteroatoms. The van der Waals surface area contributed by atoms with E-state index < -0.39 is 0 Å². The lowest BCUT2D eigenvalue weighted by Crippen LogP contribution is -2.42. The zero-order chi connectivity index (χ0) is 19.5. The first-order valence-corrected chi connectivity index (χ1v) is 9.55. The lowest BCUT2D eigenvalue weighted by atomic mass is 10.1. The second kappa shape index (κ2) is 7.96. The summed E-state index contributed by atoms with van der Waals surface area (Å²) in [5.41, 5.74) is 4.02. The number of anilines is 1. The third kappa shape index (κ3) is 4.13. The maximum Gasteiger partial charge on any atom is 0.255 e. The molecule has 0 saturated carbocycles. The smallest absolute Gasteiger partial charge is 0.255 e. The maximum absolute atomic E-state index is 12.7. The number of hydrogen-bond donors (Lipinski definition) is 3. The van der Waals surface area contributed by atoms with E-state index >= 15 is 0 Å². The highest BCUT2D eigenvalue weighted by Gasteiger charge is 2.12. The van der Waals surface area contributed by atoms with Gasteiger partial charge in [-0.05, 0) is 48.4 Å². The molecule has 6 nitrogen and oxygen atoms in total. The number of rotatable bonds is 4. The van der Waals surface area contributed by atoms with Crippen molar-refractivity contribution in [1.82, 2.24) is 15.2 Å². The van der Waals surface area contributed by atoms with Crippen LogP contribution in [0.25, 0.3) is 10.9 Å². The number of fused-ring (bicyclic) bond motifs is 1. The zero-order valence-corrected chi connectivity index (χ0v) is 15.9. The summed E-state index contributed by atoms with van der Waals surface area (Å²) in [4.78, 5) is 29.5. The summed E-state index contributed by atoms with van der Waals surface area (Å²) < 4.78 is 0. The van der Waals surface area contributed by atoms with Gasteiger partial charge in [0, 0.05) is 60.9 Å². The van der Waals surface area contributed by atoms with Gasteiger partial charge in [0.05, 0.1) is 0 Å². The van der Waals surface area contributed by atoms with Gasteiger partial charge in [0.2, 0.25) is 5.56 Å². The summed E-state index contributed by atoms with van der Waals surface area (Å²) in [5, 5.41) is 7.24. The predicted octanol–water partition coefficient (Wildman–Crippen LogP) is 2.49. The Morgan fingerprint density at radius 2 is 1.93 bits per heavy atom. The van der Waals surface area contributed by atoms with Gasteiger partial charge >= 0.3 is 0 Å². The van der Waals surface area contributed by atoms with E-state index in [-0.39, 0.29) is 11.5 Å². The summed E-state index contributed by atoms with van der Waals surface area (Å²) in [6.45, 7) is 6.80. The molecule has 0 atom stereocenters. The van der Waals surface area contributed by atoms with Gasteiger partial charge in [0.15, 0.2) is 0 Å². The summed E-state index contributed by atoms with van der Waals surface area (Å²) in [6.07, 6.45) is 0. The number of carbonyl (C=O) groups excluding carboxylic acids is 1. The molecule has 1 fully saturated rings. The number of pyridine rings is 1. The molecule has 1 aromatic heterocycles. The van der Waals surface area contributed by atoms with Gasteiger partial charge in [0.25, 0.3) is 5.91 Å². The Morgan fingerprint density at radius 3 is 2.75 bits per heavy atom. The molecule has 28 heavy (non-hydrogen) atoms. The summed E-state index contributed by atoms with van der Waals surface area (Å²) in [5.74, 6) is -0.136. The van der Waals surface area contributed by atoms with Crippen LogP contribution in [0.5, 0.6) is 0 Å². The molecule has 0 bridgehead atoms. The average molecular weight is 376 g/mol. The lowest BCUT2D eigenvalue weighted by Gasteiger charge is -2.27. The van der Waals surface area contributed by atoms with Crippen molar-refractivity contribution in [3.63, 3.8) is 0 Å². The molecular formula is C22H24N4O2. The number of aryl methyl sites for hydroxylation is 1. The minimum atomic E-state index is -0.136. The molecule has 0 aliphatic carbocycles. The number of aromatic nitrogens is 1. The second-order valence-corrected chi connectivity index (χ2v) is 7.26. The van der Waals surface area contributed by atoms with Crippen molar-refractivity contribution in [2.75, 3.05) is 31.5 Å². The number of H-pyrrole nitrogens is 1. The normalized spacial score (nSPS) is 14.9. The fourth-order valence-electron chi connectivity index (χ4n) is 3.64. The standard InChI is InChI=1S/C22H24N4O2/c1-15-11-21(27)25-20-6-5-18(13-19(15)20)24-22(28)17-4-2-3-16(12-17)14-26-9-7-23-8-10-26/h2-6,11-13,23H,7-10,14H2,1H3,(H,24,28)(H,25,27). The number of amides is 1. The van der Waals surface area contributed by atoms with Gasteiger partial charge in [-0.25, -0.2) is 0 Å². The molecule has 2 aromatic carbocycles. The Hall–Kier alpha value is -2.96. The minimum Gasteiger partial charge on any atom is -0.322 e. The first-order valence-electron chi connectivity index (χ1n) is 9.55. The Morgan fingerprint density at radius 1 is 1.11 bits per heavy atom. The van der Waals surface area contributed by atoms with Crippen LogP contribution in [0.2, 0.25) is 0 Å². The van der Waals surface area contributed by atoms with Crippen LogP contribution in [0.4, 0.5) is 5.69 Å².